The van der Waals surface area contributed by atoms with E-state index in [9.17, 15) is 23.2 Å². The molecule has 2 saturated carbocycles. The summed E-state index contributed by atoms with van der Waals surface area (Å²) in [6.07, 6.45) is 3.88. The summed E-state index contributed by atoms with van der Waals surface area (Å²) >= 11 is 0. The SMILES string of the molecule is COC(=O)CCCCC(=O)N1C[C@@H]2C[C@H]1[C@@H]2NC(=O)c1ccn(C2CC2(F)F)n1. The van der Waals surface area contributed by atoms with Crippen LogP contribution in [0.15, 0.2) is 12.3 Å². The molecule has 1 N–H and O–H groups in total. The van der Waals surface area contributed by atoms with Crippen molar-refractivity contribution in [1.82, 2.24) is 20.0 Å². The van der Waals surface area contributed by atoms with Crippen LogP contribution in [0.25, 0.3) is 0 Å². The molecule has 10 heteroatoms. The Bertz CT molecular complexity index is 827. The average molecular weight is 410 g/mol. The summed E-state index contributed by atoms with van der Waals surface area (Å²) in [6.45, 7) is 0.605. The van der Waals surface area contributed by atoms with Crippen molar-refractivity contribution in [3.63, 3.8) is 0 Å². The first-order chi connectivity index (χ1) is 13.8. The monoisotopic (exact) mass is 410 g/mol. The molecule has 2 amide bonds. The zero-order valence-corrected chi connectivity index (χ0v) is 16.1. The Balaban J connectivity index is 1.25. The summed E-state index contributed by atoms with van der Waals surface area (Å²) in [5.41, 5.74) is 0.111. The number of amides is 2. The lowest BCUT2D eigenvalue weighted by Crippen LogP contribution is -2.55. The molecule has 1 aromatic heterocycles. The molecule has 2 aliphatic heterocycles. The van der Waals surface area contributed by atoms with Gasteiger partial charge in [0, 0.05) is 37.9 Å². The maximum atomic E-state index is 13.1. The van der Waals surface area contributed by atoms with Gasteiger partial charge in [-0.25, -0.2) is 8.78 Å². The highest BCUT2D eigenvalue weighted by molar-refractivity contribution is 5.92. The molecule has 3 heterocycles. The van der Waals surface area contributed by atoms with Crippen LogP contribution in [0.4, 0.5) is 8.78 Å². The van der Waals surface area contributed by atoms with Gasteiger partial charge >= 0.3 is 5.97 Å². The third-order valence-electron chi connectivity index (χ3n) is 6.12. The number of fused-ring (bicyclic) bond motifs is 1. The second-order valence-corrected chi connectivity index (χ2v) is 8.05. The Morgan fingerprint density at radius 1 is 1.31 bits per heavy atom. The highest BCUT2D eigenvalue weighted by Crippen LogP contribution is 2.52. The van der Waals surface area contributed by atoms with Gasteiger partial charge in [0.2, 0.25) is 5.91 Å². The number of halogens is 2. The number of nitrogens with one attached hydrogen (secondary N) is 1. The molecule has 2 aliphatic carbocycles. The second-order valence-electron chi connectivity index (χ2n) is 8.05. The minimum Gasteiger partial charge on any atom is -0.469 e. The quantitative estimate of drug-likeness (QED) is 0.518. The molecule has 2 saturated heterocycles. The average Bonchev–Trinajstić information content (AvgIpc) is 3.17. The second kappa shape index (κ2) is 7.38. The summed E-state index contributed by atoms with van der Waals surface area (Å²) in [4.78, 5) is 37.8. The topological polar surface area (TPSA) is 93.5 Å². The highest BCUT2D eigenvalue weighted by Gasteiger charge is 2.59. The number of carbonyl (C=O) groups excluding carboxylic acids is 3. The van der Waals surface area contributed by atoms with E-state index in [0.717, 1.165) is 11.1 Å². The number of alkyl halides is 2. The number of nitrogens with zero attached hydrogens (tertiary/aromatic N) is 3. The van der Waals surface area contributed by atoms with Gasteiger partial charge in [0.1, 0.15) is 11.7 Å². The molecule has 29 heavy (non-hydrogen) atoms. The maximum absolute atomic E-state index is 13.1. The van der Waals surface area contributed by atoms with Gasteiger partial charge in [-0.3, -0.25) is 19.1 Å². The molecule has 4 atom stereocenters. The minimum absolute atomic E-state index is 0.0272. The van der Waals surface area contributed by atoms with E-state index in [1.54, 1.807) is 4.90 Å². The summed E-state index contributed by atoms with van der Waals surface area (Å²) in [5, 5.41) is 6.89. The van der Waals surface area contributed by atoms with Crippen molar-refractivity contribution in [2.75, 3.05) is 13.7 Å². The summed E-state index contributed by atoms with van der Waals surface area (Å²) in [7, 11) is 1.34. The molecular weight excluding hydrogens is 386 g/mol. The van der Waals surface area contributed by atoms with Gasteiger partial charge in [-0.05, 0) is 25.3 Å². The van der Waals surface area contributed by atoms with E-state index >= 15 is 0 Å². The molecule has 1 unspecified atom stereocenters. The number of ether oxygens (including phenoxy) is 1. The van der Waals surface area contributed by atoms with Crippen molar-refractivity contribution in [1.29, 1.82) is 0 Å². The van der Waals surface area contributed by atoms with Gasteiger partial charge in [0.05, 0.1) is 19.2 Å². The summed E-state index contributed by atoms with van der Waals surface area (Å²) in [6, 6.07) is 0.311. The molecule has 2 bridgehead atoms. The van der Waals surface area contributed by atoms with Gasteiger partial charge in [0.15, 0.2) is 0 Å². The van der Waals surface area contributed by atoms with Crippen molar-refractivity contribution in [2.45, 2.75) is 62.6 Å². The lowest BCUT2D eigenvalue weighted by atomic mass is 9.80. The van der Waals surface area contributed by atoms with E-state index in [1.165, 1.54) is 19.4 Å². The van der Waals surface area contributed by atoms with Gasteiger partial charge < -0.3 is 15.0 Å². The number of carbonyl (C=O) groups is 3. The van der Waals surface area contributed by atoms with Crippen molar-refractivity contribution < 1.29 is 27.9 Å². The summed E-state index contributed by atoms with van der Waals surface area (Å²) in [5.74, 6) is -3.20. The van der Waals surface area contributed by atoms with Gasteiger partial charge in [-0.15, -0.1) is 0 Å². The highest BCUT2D eigenvalue weighted by atomic mass is 19.3. The van der Waals surface area contributed by atoms with E-state index in [1.807, 2.05) is 0 Å². The number of unbranched alkanes of at least 4 members (excludes halogenated alkanes) is 1. The number of rotatable bonds is 8. The summed E-state index contributed by atoms with van der Waals surface area (Å²) < 4.78 is 32.0. The molecule has 158 valence electrons. The van der Waals surface area contributed by atoms with Crippen LogP contribution in [0.5, 0.6) is 0 Å². The molecular formula is C19H24F2N4O4. The van der Waals surface area contributed by atoms with E-state index in [-0.39, 0.29) is 42.0 Å². The molecule has 4 aliphatic rings. The Kier molecular flexibility index (Phi) is 5.04. The minimum atomic E-state index is -2.75. The Labute approximate surface area is 166 Å². The van der Waals surface area contributed by atoms with E-state index in [4.69, 9.17) is 0 Å². The fourth-order valence-electron chi connectivity index (χ4n) is 4.25. The van der Waals surface area contributed by atoms with Gasteiger partial charge in [0.25, 0.3) is 11.8 Å². The third-order valence-corrected chi connectivity index (χ3v) is 6.12. The van der Waals surface area contributed by atoms with E-state index in [0.29, 0.717) is 32.2 Å². The van der Waals surface area contributed by atoms with Gasteiger partial charge in [-0.2, -0.15) is 5.10 Å². The lowest BCUT2D eigenvalue weighted by Gasteiger charge is -2.36. The first-order valence-corrected chi connectivity index (χ1v) is 9.90. The Hall–Kier alpha value is -2.52. The number of hydrogen-bond donors (Lipinski definition) is 1. The van der Waals surface area contributed by atoms with Crippen molar-refractivity contribution in [2.24, 2.45) is 5.92 Å². The molecule has 1 aromatic rings. The van der Waals surface area contributed by atoms with Gasteiger partial charge in [-0.1, -0.05) is 0 Å². The van der Waals surface area contributed by atoms with Crippen LogP contribution in [0, 0.1) is 5.92 Å². The van der Waals surface area contributed by atoms with Crippen molar-refractivity contribution in [3.05, 3.63) is 18.0 Å². The number of hydrogen-bond acceptors (Lipinski definition) is 5. The van der Waals surface area contributed by atoms with Crippen LogP contribution in [0.2, 0.25) is 0 Å². The Morgan fingerprint density at radius 3 is 2.72 bits per heavy atom. The van der Waals surface area contributed by atoms with Crippen LogP contribution < -0.4 is 5.32 Å². The first-order valence-electron chi connectivity index (χ1n) is 9.90. The van der Waals surface area contributed by atoms with Crippen LogP contribution in [-0.2, 0) is 14.3 Å². The zero-order chi connectivity index (χ0) is 20.8. The molecule has 0 spiro atoms. The predicted octanol–water partition coefficient (Wildman–Crippen LogP) is 1.53. The Morgan fingerprint density at radius 2 is 2.03 bits per heavy atom. The van der Waals surface area contributed by atoms with Crippen molar-refractivity contribution >= 4 is 17.8 Å². The fourth-order valence-corrected chi connectivity index (χ4v) is 4.25. The largest absolute Gasteiger partial charge is 0.469 e. The van der Waals surface area contributed by atoms with E-state index in [2.05, 4.69) is 15.2 Å². The van der Waals surface area contributed by atoms with Crippen LogP contribution in [0.3, 0.4) is 0 Å². The van der Waals surface area contributed by atoms with Crippen LogP contribution >= 0.6 is 0 Å². The van der Waals surface area contributed by atoms with Crippen LogP contribution in [0.1, 0.15) is 55.1 Å². The van der Waals surface area contributed by atoms with E-state index < -0.39 is 17.9 Å². The lowest BCUT2D eigenvalue weighted by molar-refractivity contribution is -0.141. The molecule has 0 aromatic carbocycles. The zero-order valence-electron chi connectivity index (χ0n) is 16.1. The number of methoxy groups -OCH3 is 1. The number of esters is 1. The molecule has 4 fully saturated rings. The normalized spacial score (nSPS) is 28.6. The molecule has 0 radical (unpaired) electrons. The van der Waals surface area contributed by atoms with Crippen LogP contribution in [-0.4, -0.2) is 64.1 Å². The third kappa shape index (κ3) is 3.84. The predicted molar refractivity (Wildman–Crippen MR) is 96.2 cm³/mol. The standard InChI is InChI=1S/C19H24F2N4O4/c1-29-16(27)5-3-2-4-15(26)24-10-11-8-13(24)17(11)22-18(28)12-6-7-25(23-12)14-9-19(14,20)21/h6-7,11,13-14,17H,2-5,8-10H2,1H3,(H,22,28)/t11-,13-,14?,17+/m0/s1. The maximum Gasteiger partial charge on any atom is 0.305 e. The smallest absolute Gasteiger partial charge is 0.305 e. The molecule has 5 rings (SSSR count). The number of aromatic nitrogens is 2. The fraction of sp³-hybridized carbons (Fsp3) is 0.684. The van der Waals surface area contributed by atoms with Crippen molar-refractivity contribution in [3.8, 4) is 0 Å². The molecule has 8 nitrogen and oxygen atoms in total. The first kappa shape index (κ1) is 19.8.